The van der Waals surface area contributed by atoms with Crippen molar-refractivity contribution in [2.75, 3.05) is 36.5 Å². The van der Waals surface area contributed by atoms with E-state index < -0.39 is 0 Å². The van der Waals surface area contributed by atoms with Crippen LogP contribution in [-0.4, -0.2) is 55.9 Å². The van der Waals surface area contributed by atoms with Crippen LogP contribution in [0.25, 0.3) is 16.9 Å². The second kappa shape index (κ2) is 8.33. The van der Waals surface area contributed by atoms with Crippen molar-refractivity contribution in [2.45, 2.75) is 6.54 Å². The van der Waals surface area contributed by atoms with Crippen molar-refractivity contribution in [1.29, 1.82) is 5.26 Å². The third-order valence-electron chi connectivity index (χ3n) is 4.95. The average molecular weight is 480 g/mol. The maximum absolute atomic E-state index is 9.11. The molecule has 31 heavy (non-hydrogen) atoms. The first-order chi connectivity index (χ1) is 15.2. The Morgan fingerprint density at radius 1 is 1.23 bits per heavy atom. The van der Waals surface area contributed by atoms with Crippen LogP contribution >= 0.6 is 15.9 Å². The van der Waals surface area contributed by atoms with Crippen LogP contribution in [0.15, 0.2) is 41.1 Å². The summed E-state index contributed by atoms with van der Waals surface area (Å²) < 4.78 is 7.89. The van der Waals surface area contributed by atoms with Gasteiger partial charge in [-0.2, -0.15) is 24.8 Å². The van der Waals surface area contributed by atoms with Gasteiger partial charge < -0.3 is 19.9 Å². The number of nitrogens with zero attached hydrogens (tertiary/aromatic N) is 7. The minimum Gasteiger partial charge on any atom is -0.378 e. The van der Waals surface area contributed by atoms with Gasteiger partial charge in [-0.05, 0) is 28.1 Å². The normalized spacial score (nSPS) is 14.0. The monoisotopic (exact) mass is 479 g/mol. The van der Waals surface area contributed by atoms with E-state index in [4.69, 9.17) is 15.0 Å². The summed E-state index contributed by atoms with van der Waals surface area (Å²) in [4.78, 5) is 19.2. The van der Waals surface area contributed by atoms with Crippen LogP contribution in [0.5, 0.6) is 0 Å². The molecule has 1 saturated heterocycles. The zero-order valence-corrected chi connectivity index (χ0v) is 18.0. The number of rotatable bonds is 5. The Morgan fingerprint density at radius 2 is 2.10 bits per heavy atom. The van der Waals surface area contributed by atoms with Crippen LogP contribution in [0.2, 0.25) is 0 Å². The molecular weight excluding hydrogens is 462 g/mol. The first-order valence-electron chi connectivity index (χ1n) is 9.73. The van der Waals surface area contributed by atoms with Crippen molar-refractivity contribution in [1.82, 2.24) is 29.5 Å². The van der Waals surface area contributed by atoms with Gasteiger partial charge in [-0.15, -0.1) is 0 Å². The highest BCUT2D eigenvalue weighted by atomic mass is 79.9. The van der Waals surface area contributed by atoms with E-state index in [9.17, 15) is 0 Å². The van der Waals surface area contributed by atoms with E-state index in [0.29, 0.717) is 42.9 Å². The minimum absolute atomic E-state index is 0.421. The van der Waals surface area contributed by atoms with Gasteiger partial charge in [-0.3, -0.25) is 0 Å². The molecule has 2 N–H and O–H groups in total. The summed E-state index contributed by atoms with van der Waals surface area (Å²) in [5, 5.41) is 16.8. The predicted molar refractivity (Wildman–Crippen MR) is 118 cm³/mol. The topological polar surface area (TPSA) is 120 Å². The molecular formula is C20H18BrN9O. The Hall–Kier alpha value is -3.49. The molecule has 10 nitrogen and oxygen atoms in total. The van der Waals surface area contributed by atoms with Gasteiger partial charge in [0, 0.05) is 18.7 Å². The second-order valence-electron chi connectivity index (χ2n) is 6.96. The standard InChI is InChI=1S/C20H18BrN9O/c21-15-10-25-30-18(15)27-20(29-4-6-31-7-5-29)28-19(30)24-12-17-23-11-16(26-17)14-3-1-2-13(8-14)9-22/h1-3,8,10-11H,4-7,12H2,(H,23,26)(H,24,27,28). The molecule has 1 aromatic carbocycles. The third kappa shape index (κ3) is 3.95. The van der Waals surface area contributed by atoms with Gasteiger partial charge in [-0.25, -0.2) is 4.98 Å². The molecule has 0 bridgehead atoms. The lowest BCUT2D eigenvalue weighted by molar-refractivity contribution is 0.122. The van der Waals surface area contributed by atoms with Crippen molar-refractivity contribution >= 4 is 33.5 Å². The van der Waals surface area contributed by atoms with Crippen LogP contribution in [-0.2, 0) is 11.3 Å². The Labute approximate surface area is 186 Å². The van der Waals surface area contributed by atoms with Crippen LogP contribution in [0.1, 0.15) is 11.4 Å². The first kappa shape index (κ1) is 19.5. The van der Waals surface area contributed by atoms with Crippen LogP contribution in [0.4, 0.5) is 11.9 Å². The number of hydrogen-bond donors (Lipinski definition) is 2. The molecule has 0 atom stereocenters. The van der Waals surface area contributed by atoms with Gasteiger partial charge in [0.05, 0.1) is 54.0 Å². The number of nitriles is 1. The molecule has 0 radical (unpaired) electrons. The van der Waals surface area contributed by atoms with Crippen molar-refractivity contribution in [3.05, 3.63) is 52.5 Å². The third-order valence-corrected chi connectivity index (χ3v) is 5.51. The molecule has 5 rings (SSSR count). The van der Waals surface area contributed by atoms with E-state index in [1.807, 2.05) is 18.2 Å². The second-order valence-corrected chi connectivity index (χ2v) is 7.82. The molecule has 4 heterocycles. The molecule has 0 saturated carbocycles. The summed E-state index contributed by atoms with van der Waals surface area (Å²) in [7, 11) is 0. The Morgan fingerprint density at radius 3 is 2.94 bits per heavy atom. The Bertz CT molecular complexity index is 1270. The number of fused-ring (bicyclic) bond motifs is 1. The largest absolute Gasteiger partial charge is 0.378 e. The van der Waals surface area contributed by atoms with E-state index in [-0.39, 0.29) is 0 Å². The Kier molecular flexibility index (Phi) is 5.23. The van der Waals surface area contributed by atoms with E-state index >= 15 is 0 Å². The maximum atomic E-state index is 9.11. The number of aromatic amines is 1. The van der Waals surface area contributed by atoms with Crippen molar-refractivity contribution in [3.63, 3.8) is 0 Å². The number of anilines is 2. The Balaban J connectivity index is 1.39. The van der Waals surface area contributed by atoms with Crippen LogP contribution in [0, 0.1) is 11.3 Å². The van der Waals surface area contributed by atoms with Gasteiger partial charge in [-0.1, -0.05) is 12.1 Å². The molecule has 0 aliphatic carbocycles. The van der Waals surface area contributed by atoms with Gasteiger partial charge >= 0.3 is 0 Å². The fourth-order valence-electron chi connectivity index (χ4n) is 3.38. The summed E-state index contributed by atoms with van der Waals surface area (Å²) in [5.74, 6) is 1.94. The number of nitrogens with one attached hydrogen (secondary N) is 2. The van der Waals surface area contributed by atoms with Gasteiger partial charge in [0.1, 0.15) is 5.82 Å². The number of aromatic nitrogens is 6. The van der Waals surface area contributed by atoms with Gasteiger partial charge in [0.15, 0.2) is 5.65 Å². The van der Waals surface area contributed by atoms with E-state index in [2.05, 4.69) is 52.3 Å². The van der Waals surface area contributed by atoms with E-state index in [1.54, 1.807) is 23.0 Å². The molecule has 0 unspecified atom stereocenters. The highest BCUT2D eigenvalue weighted by molar-refractivity contribution is 9.10. The maximum Gasteiger partial charge on any atom is 0.230 e. The summed E-state index contributed by atoms with van der Waals surface area (Å²) in [6, 6.07) is 9.55. The lowest BCUT2D eigenvalue weighted by Crippen LogP contribution is -2.37. The number of halogens is 1. The van der Waals surface area contributed by atoms with Crippen LogP contribution < -0.4 is 10.2 Å². The lowest BCUT2D eigenvalue weighted by atomic mass is 10.1. The van der Waals surface area contributed by atoms with Crippen molar-refractivity contribution in [3.8, 4) is 17.3 Å². The number of hydrogen-bond acceptors (Lipinski definition) is 8. The average Bonchev–Trinajstić information content (AvgIpc) is 3.45. The molecule has 4 aromatic rings. The van der Waals surface area contributed by atoms with Gasteiger partial charge in [0.25, 0.3) is 0 Å². The summed E-state index contributed by atoms with van der Waals surface area (Å²) in [5.41, 5.74) is 3.05. The summed E-state index contributed by atoms with van der Waals surface area (Å²) in [6.45, 7) is 3.21. The fourth-order valence-corrected chi connectivity index (χ4v) is 3.73. The van der Waals surface area contributed by atoms with Gasteiger partial charge in [0.2, 0.25) is 11.9 Å². The quantitative estimate of drug-likeness (QED) is 0.448. The van der Waals surface area contributed by atoms with E-state index in [0.717, 1.165) is 34.6 Å². The van der Waals surface area contributed by atoms with Crippen molar-refractivity contribution in [2.24, 2.45) is 0 Å². The summed E-state index contributed by atoms with van der Waals surface area (Å²) in [6.07, 6.45) is 3.46. The lowest BCUT2D eigenvalue weighted by Gasteiger charge is -2.27. The minimum atomic E-state index is 0.421. The number of morpholine rings is 1. The predicted octanol–water partition coefficient (Wildman–Crippen LogP) is 2.60. The molecule has 3 aromatic heterocycles. The highest BCUT2D eigenvalue weighted by Crippen LogP contribution is 2.23. The number of benzene rings is 1. The zero-order valence-electron chi connectivity index (χ0n) is 16.4. The molecule has 0 spiro atoms. The first-order valence-corrected chi connectivity index (χ1v) is 10.5. The molecule has 11 heteroatoms. The fraction of sp³-hybridized carbons (Fsp3) is 0.250. The molecule has 156 valence electrons. The highest BCUT2D eigenvalue weighted by Gasteiger charge is 2.18. The summed E-state index contributed by atoms with van der Waals surface area (Å²) >= 11 is 3.51. The smallest absolute Gasteiger partial charge is 0.230 e. The molecule has 1 fully saturated rings. The number of H-pyrrole nitrogens is 1. The SMILES string of the molecule is N#Cc1cccc(-c2cnc(CNc3nc(N4CCOCC4)nc4c(Br)cnn34)[nH]2)c1. The van der Waals surface area contributed by atoms with Crippen molar-refractivity contribution < 1.29 is 4.74 Å². The number of ether oxygens (including phenoxy) is 1. The molecule has 0 amide bonds. The van der Waals surface area contributed by atoms with E-state index in [1.165, 1.54) is 0 Å². The zero-order chi connectivity index (χ0) is 21.2. The molecule has 1 aliphatic heterocycles. The number of imidazole rings is 1. The molecule has 1 aliphatic rings. The van der Waals surface area contributed by atoms with Crippen LogP contribution in [0.3, 0.4) is 0 Å².